The molecular formula is C29H29NO4. The standard InChI is InChI=1S/C29H29NO4/c1-17-9-14-27(26(33)15-17)34-23-8-6-7-22(16-23)30(28-18(2)10-12-24(31)20(28)4)29-19(3)11-13-25(32)21(29)5/h6-16,31-33H,1-5H3. The van der Waals surface area contributed by atoms with E-state index in [1.54, 1.807) is 24.3 Å². The molecular weight excluding hydrogens is 426 g/mol. The number of ether oxygens (including phenoxy) is 1. The Kier molecular flexibility index (Phi) is 6.12. The van der Waals surface area contributed by atoms with Crippen molar-refractivity contribution in [1.29, 1.82) is 0 Å². The number of hydrogen-bond acceptors (Lipinski definition) is 5. The number of hydrogen-bond donors (Lipinski definition) is 3. The Bertz CT molecular complexity index is 1320. The van der Waals surface area contributed by atoms with Gasteiger partial charge in [0, 0.05) is 22.9 Å². The highest BCUT2D eigenvalue weighted by Crippen LogP contribution is 2.46. The maximum absolute atomic E-state index is 10.5. The molecule has 4 aromatic rings. The fourth-order valence-corrected chi connectivity index (χ4v) is 4.23. The summed E-state index contributed by atoms with van der Waals surface area (Å²) in [6.07, 6.45) is 0. The Labute approximate surface area is 200 Å². The molecule has 4 aromatic carbocycles. The van der Waals surface area contributed by atoms with Gasteiger partial charge in [0.25, 0.3) is 0 Å². The van der Waals surface area contributed by atoms with E-state index in [-0.39, 0.29) is 17.2 Å². The first-order valence-electron chi connectivity index (χ1n) is 11.1. The Morgan fingerprint density at radius 1 is 0.618 bits per heavy atom. The van der Waals surface area contributed by atoms with Crippen LogP contribution in [0.3, 0.4) is 0 Å². The van der Waals surface area contributed by atoms with Gasteiger partial charge >= 0.3 is 0 Å². The van der Waals surface area contributed by atoms with Gasteiger partial charge in [-0.15, -0.1) is 0 Å². The lowest BCUT2D eigenvalue weighted by Gasteiger charge is -2.32. The maximum atomic E-state index is 10.5. The number of phenols is 3. The van der Waals surface area contributed by atoms with Gasteiger partial charge in [0.2, 0.25) is 0 Å². The molecule has 0 atom stereocenters. The number of phenolic OH excluding ortho intramolecular Hbond substituents is 3. The number of nitrogens with zero attached hydrogens (tertiary/aromatic N) is 1. The summed E-state index contributed by atoms with van der Waals surface area (Å²) >= 11 is 0. The van der Waals surface area contributed by atoms with Crippen LogP contribution in [0.5, 0.6) is 28.7 Å². The molecule has 0 saturated heterocycles. The second kappa shape index (κ2) is 9.02. The third-order valence-corrected chi connectivity index (χ3v) is 6.07. The molecule has 4 rings (SSSR count). The lowest BCUT2D eigenvalue weighted by Crippen LogP contribution is -2.15. The van der Waals surface area contributed by atoms with Crippen LogP contribution in [-0.2, 0) is 0 Å². The molecule has 5 heteroatoms. The van der Waals surface area contributed by atoms with Crippen LogP contribution in [0.4, 0.5) is 17.1 Å². The predicted octanol–water partition coefficient (Wildman–Crippen LogP) is 7.61. The molecule has 0 fully saturated rings. The molecule has 5 nitrogen and oxygen atoms in total. The number of rotatable bonds is 5. The van der Waals surface area contributed by atoms with Crippen LogP contribution in [0.25, 0.3) is 0 Å². The summed E-state index contributed by atoms with van der Waals surface area (Å²) in [5.41, 5.74) is 6.78. The molecule has 0 heterocycles. The fraction of sp³-hybridized carbons (Fsp3) is 0.172. The monoisotopic (exact) mass is 455 g/mol. The van der Waals surface area contributed by atoms with Gasteiger partial charge in [-0.25, -0.2) is 0 Å². The number of aromatic hydroxyl groups is 3. The van der Waals surface area contributed by atoms with Crippen LogP contribution in [0, 0.1) is 34.6 Å². The highest BCUT2D eigenvalue weighted by molar-refractivity contribution is 5.85. The van der Waals surface area contributed by atoms with Crippen LogP contribution in [0.1, 0.15) is 27.8 Å². The molecule has 0 aliphatic heterocycles. The lowest BCUT2D eigenvalue weighted by atomic mass is 10.0. The third-order valence-electron chi connectivity index (χ3n) is 6.07. The molecule has 174 valence electrons. The third kappa shape index (κ3) is 4.25. The highest BCUT2D eigenvalue weighted by Gasteiger charge is 2.23. The quantitative estimate of drug-likeness (QED) is 0.289. The largest absolute Gasteiger partial charge is 0.508 e. The van der Waals surface area contributed by atoms with Crippen molar-refractivity contribution >= 4 is 17.1 Å². The number of anilines is 3. The average molecular weight is 456 g/mol. The molecule has 0 bridgehead atoms. The first-order valence-corrected chi connectivity index (χ1v) is 11.1. The van der Waals surface area contributed by atoms with Crippen molar-refractivity contribution in [2.75, 3.05) is 4.90 Å². The van der Waals surface area contributed by atoms with Gasteiger partial charge in [-0.1, -0.05) is 24.3 Å². The summed E-state index contributed by atoms with van der Waals surface area (Å²) in [7, 11) is 0. The lowest BCUT2D eigenvalue weighted by molar-refractivity contribution is 0.411. The Morgan fingerprint density at radius 2 is 1.21 bits per heavy atom. The smallest absolute Gasteiger partial charge is 0.169 e. The van der Waals surface area contributed by atoms with Crippen LogP contribution in [0.15, 0.2) is 66.7 Å². The second-order valence-electron chi connectivity index (χ2n) is 8.66. The zero-order valence-corrected chi connectivity index (χ0v) is 20.0. The van der Waals surface area contributed by atoms with Crippen molar-refractivity contribution < 1.29 is 20.1 Å². The van der Waals surface area contributed by atoms with Gasteiger partial charge in [0.15, 0.2) is 11.5 Å². The van der Waals surface area contributed by atoms with Crippen LogP contribution in [-0.4, -0.2) is 15.3 Å². The zero-order chi connectivity index (χ0) is 24.6. The minimum Gasteiger partial charge on any atom is -0.508 e. The second-order valence-corrected chi connectivity index (χ2v) is 8.66. The molecule has 0 aromatic heterocycles. The number of aryl methyl sites for hydroxylation is 3. The van der Waals surface area contributed by atoms with Crippen LogP contribution in [0.2, 0.25) is 0 Å². The van der Waals surface area contributed by atoms with E-state index in [2.05, 4.69) is 0 Å². The average Bonchev–Trinajstić information content (AvgIpc) is 2.80. The van der Waals surface area contributed by atoms with E-state index in [1.165, 1.54) is 0 Å². The molecule has 0 unspecified atom stereocenters. The Hall–Kier alpha value is -4.12. The van der Waals surface area contributed by atoms with Crippen molar-refractivity contribution in [2.24, 2.45) is 0 Å². The van der Waals surface area contributed by atoms with Gasteiger partial charge in [-0.3, -0.25) is 0 Å². The van der Waals surface area contributed by atoms with Crippen LogP contribution >= 0.6 is 0 Å². The normalized spacial score (nSPS) is 10.9. The maximum Gasteiger partial charge on any atom is 0.169 e. The summed E-state index contributed by atoms with van der Waals surface area (Å²) in [4.78, 5) is 2.04. The van der Waals surface area contributed by atoms with E-state index >= 15 is 0 Å². The zero-order valence-electron chi connectivity index (χ0n) is 20.0. The summed E-state index contributed by atoms with van der Waals surface area (Å²) in [6.45, 7) is 9.65. The van der Waals surface area contributed by atoms with E-state index in [4.69, 9.17) is 4.74 Å². The summed E-state index contributed by atoms with van der Waals surface area (Å²) in [5, 5.41) is 31.4. The number of benzene rings is 4. The van der Waals surface area contributed by atoms with Crippen molar-refractivity contribution in [3.8, 4) is 28.7 Å². The first-order chi connectivity index (χ1) is 16.2. The SMILES string of the molecule is Cc1ccc(Oc2cccc(N(c3c(C)ccc(O)c3C)c3c(C)ccc(O)c3C)c2)c(O)c1. The van der Waals surface area contributed by atoms with Gasteiger partial charge < -0.3 is 25.0 Å². The highest BCUT2D eigenvalue weighted by atomic mass is 16.5. The minimum atomic E-state index is 0.0709. The van der Waals surface area contributed by atoms with Gasteiger partial charge in [-0.05, 0) is 87.7 Å². The molecule has 34 heavy (non-hydrogen) atoms. The Balaban J connectivity index is 1.92. The fourth-order valence-electron chi connectivity index (χ4n) is 4.23. The predicted molar refractivity (Wildman–Crippen MR) is 136 cm³/mol. The van der Waals surface area contributed by atoms with Gasteiger partial charge in [0.1, 0.15) is 17.2 Å². The molecule has 3 N–H and O–H groups in total. The van der Waals surface area contributed by atoms with E-state index in [9.17, 15) is 15.3 Å². The van der Waals surface area contributed by atoms with Gasteiger partial charge in [-0.2, -0.15) is 0 Å². The van der Waals surface area contributed by atoms with Crippen molar-refractivity contribution in [1.82, 2.24) is 0 Å². The molecule has 0 radical (unpaired) electrons. The molecule has 0 aliphatic rings. The van der Waals surface area contributed by atoms with Crippen molar-refractivity contribution in [3.05, 3.63) is 94.5 Å². The minimum absolute atomic E-state index is 0.0709. The molecule has 0 saturated carbocycles. The Morgan fingerprint density at radius 3 is 1.76 bits per heavy atom. The van der Waals surface area contributed by atoms with E-state index in [0.29, 0.717) is 11.5 Å². The van der Waals surface area contributed by atoms with Crippen LogP contribution < -0.4 is 9.64 Å². The molecule has 0 amide bonds. The van der Waals surface area contributed by atoms with Crippen molar-refractivity contribution in [2.45, 2.75) is 34.6 Å². The summed E-state index contributed by atoms with van der Waals surface area (Å²) in [5.74, 6) is 1.37. The van der Waals surface area contributed by atoms with Crippen molar-refractivity contribution in [3.63, 3.8) is 0 Å². The first kappa shape index (κ1) is 23.1. The van der Waals surface area contributed by atoms with E-state index in [1.807, 2.05) is 82.0 Å². The summed E-state index contributed by atoms with van der Waals surface area (Å²) < 4.78 is 6.02. The molecule has 0 aliphatic carbocycles. The van der Waals surface area contributed by atoms with E-state index in [0.717, 1.165) is 44.9 Å². The molecule has 0 spiro atoms. The van der Waals surface area contributed by atoms with Gasteiger partial charge in [0.05, 0.1) is 11.4 Å². The topological polar surface area (TPSA) is 73.2 Å². The van der Waals surface area contributed by atoms with E-state index < -0.39 is 0 Å². The summed E-state index contributed by atoms with van der Waals surface area (Å²) in [6, 6.07) is 19.9.